The molecule has 0 spiro atoms. The number of halogens is 1. The highest BCUT2D eigenvalue weighted by Gasteiger charge is 2.19. The Morgan fingerprint density at radius 1 is 1.44 bits per heavy atom. The molecule has 0 heterocycles. The molecule has 1 N–H and O–H groups in total. The summed E-state index contributed by atoms with van der Waals surface area (Å²) in [4.78, 5) is 0.290. The SMILES string of the molecule is COCC(CCBr)NS(=O)(=O)c1cccc(C)c1. The molecule has 1 aromatic rings. The third kappa shape index (κ3) is 4.68. The Morgan fingerprint density at radius 2 is 2.17 bits per heavy atom. The van der Waals surface area contributed by atoms with Gasteiger partial charge in [0.05, 0.1) is 11.5 Å². The summed E-state index contributed by atoms with van der Waals surface area (Å²) >= 11 is 3.31. The van der Waals surface area contributed by atoms with E-state index in [0.717, 1.165) is 10.9 Å². The molecule has 0 aliphatic carbocycles. The van der Waals surface area contributed by atoms with Crippen LogP contribution >= 0.6 is 15.9 Å². The van der Waals surface area contributed by atoms with Crippen LogP contribution in [0.1, 0.15) is 12.0 Å². The molecule has 0 radical (unpaired) electrons. The predicted molar refractivity (Wildman–Crippen MR) is 75.6 cm³/mol. The first kappa shape index (κ1) is 15.6. The van der Waals surface area contributed by atoms with Crippen molar-refractivity contribution in [1.29, 1.82) is 0 Å². The number of ether oxygens (including phenoxy) is 1. The summed E-state index contributed by atoms with van der Waals surface area (Å²) in [6.45, 7) is 2.22. The maximum absolute atomic E-state index is 12.2. The lowest BCUT2D eigenvalue weighted by Gasteiger charge is -2.17. The number of hydrogen-bond acceptors (Lipinski definition) is 3. The average Bonchev–Trinajstić information content (AvgIpc) is 2.29. The second-order valence-electron chi connectivity index (χ2n) is 4.07. The Morgan fingerprint density at radius 3 is 2.72 bits per heavy atom. The maximum atomic E-state index is 12.2. The Labute approximate surface area is 117 Å². The zero-order valence-corrected chi connectivity index (χ0v) is 12.9. The molecule has 18 heavy (non-hydrogen) atoms. The number of hydrogen-bond donors (Lipinski definition) is 1. The van der Waals surface area contributed by atoms with E-state index in [4.69, 9.17) is 4.74 Å². The number of aryl methyl sites for hydroxylation is 1. The van der Waals surface area contributed by atoms with E-state index in [0.29, 0.717) is 13.0 Å². The molecule has 0 fully saturated rings. The minimum absolute atomic E-state index is 0.222. The minimum Gasteiger partial charge on any atom is -0.383 e. The molecule has 1 atom stereocenters. The van der Waals surface area contributed by atoms with E-state index in [2.05, 4.69) is 20.7 Å². The molecule has 1 unspecified atom stereocenters. The Bertz CT molecular complexity index is 470. The van der Waals surface area contributed by atoms with Crippen LogP contribution in [0, 0.1) is 6.92 Å². The van der Waals surface area contributed by atoms with Gasteiger partial charge in [0.2, 0.25) is 10.0 Å². The number of rotatable bonds is 7. The number of alkyl halides is 1. The summed E-state index contributed by atoms with van der Waals surface area (Å²) in [6.07, 6.45) is 0.679. The van der Waals surface area contributed by atoms with Gasteiger partial charge >= 0.3 is 0 Å². The highest BCUT2D eigenvalue weighted by molar-refractivity contribution is 9.09. The van der Waals surface area contributed by atoms with Gasteiger partial charge in [0, 0.05) is 18.5 Å². The van der Waals surface area contributed by atoms with Gasteiger partial charge in [-0.1, -0.05) is 28.1 Å². The molecule has 1 rings (SSSR count). The van der Waals surface area contributed by atoms with Crippen molar-refractivity contribution in [2.45, 2.75) is 24.3 Å². The first-order valence-electron chi connectivity index (χ1n) is 5.63. The maximum Gasteiger partial charge on any atom is 0.240 e. The van der Waals surface area contributed by atoms with Crippen LogP contribution in [0.3, 0.4) is 0 Å². The van der Waals surface area contributed by atoms with Crippen LogP contribution < -0.4 is 4.72 Å². The first-order chi connectivity index (χ1) is 8.49. The van der Waals surface area contributed by atoms with Crippen molar-refractivity contribution in [1.82, 2.24) is 4.72 Å². The smallest absolute Gasteiger partial charge is 0.240 e. The molecule has 0 aromatic heterocycles. The third-order valence-electron chi connectivity index (χ3n) is 2.45. The van der Waals surface area contributed by atoms with Gasteiger partial charge in [0.1, 0.15) is 0 Å². The highest BCUT2D eigenvalue weighted by Crippen LogP contribution is 2.12. The van der Waals surface area contributed by atoms with Crippen LogP contribution in [0.25, 0.3) is 0 Å². The van der Waals surface area contributed by atoms with Crippen molar-refractivity contribution in [2.24, 2.45) is 0 Å². The fraction of sp³-hybridized carbons (Fsp3) is 0.500. The van der Waals surface area contributed by atoms with Crippen molar-refractivity contribution in [3.8, 4) is 0 Å². The van der Waals surface area contributed by atoms with Gasteiger partial charge < -0.3 is 4.74 Å². The van der Waals surface area contributed by atoms with Gasteiger partial charge in [-0.2, -0.15) is 0 Å². The molecular formula is C12H18BrNO3S. The molecular weight excluding hydrogens is 318 g/mol. The third-order valence-corrected chi connectivity index (χ3v) is 4.42. The standard InChI is InChI=1S/C12H18BrNO3S/c1-10-4-3-5-12(8-10)18(15,16)14-11(6-7-13)9-17-2/h3-5,8,11,14H,6-7,9H2,1-2H3. The minimum atomic E-state index is -3.48. The summed E-state index contributed by atoms with van der Waals surface area (Å²) in [6, 6.07) is 6.62. The van der Waals surface area contributed by atoms with Crippen LogP contribution in [0.15, 0.2) is 29.2 Å². The van der Waals surface area contributed by atoms with Crippen LogP contribution in [-0.2, 0) is 14.8 Å². The molecule has 6 heteroatoms. The first-order valence-corrected chi connectivity index (χ1v) is 8.24. The summed E-state index contributed by atoms with van der Waals surface area (Å²) < 4.78 is 32.0. The van der Waals surface area contributed by atoms with Gasteiger partial charge in [0.15, 0.2) is 0 Å². The Hall–Kier alpha value is -0.430. The summed E-state index contributed by atoms with van der Waals surface area (Å²) in [7, 11) is -1.92. The normalized spacial score (nSPS) is 13.5. The monoisotopic (exact) mass is 335 g/mol. The lowest BCUT2D eigenvalue weighted by Crippen LogP contribution is -2.38. The summed E-state index contributed by atoms with van der Waals surface area (Å²) in [5.41, 5.74) is 0.918. The zero-order chi connectivity index (χ0) is 13.6. The molecule has 1 aromatic carbocycles. The topological polar surface area (TPSA) is 55.4 Å². The lowest BCUT2D eigenvalue weighted by atomic mass is 10.2. The molecule has 4 nitrogen and oxygen atoms in total. The molecule has 0 aliphatic rings. The summed E-state index contributed by atoms with van der Waals surface area (Å²) in [5, 5.41) is 0.720. The molecule has 102 valence electrons. The fourth-order valence-electron chi connectivity index (χ4n) is 1.58. The van der Waals surface area contributed by atoms with Crippen LogP contribution in [0.2, 0.25) is 0 Å². The Kier molecular flexibility index (Phi) is 6.28. The molecule has 0 bridgehead atoms. The van der Waals surface area contributed by atoms with Crippen LogP contribution in [0.5, 0.6) is 0 Å². The van der Waals surface area contributed by atoms with Crippen molar-refractivity contribution in [3.63, 3.8) is 0 Å². The van der Waals surface area contributed by atoms with Crippen molar-refractivity contribution in [2.75, 3.05) is 19.0 Å². The number of benzene rings is 1. The van der Waals surface area contributed by atoms with Gasteiger partial charge in [0.25, 0.3) is 0 Å². The van der Waals surface area contributed by atoms with E-state index < -0.39 is 10.0 Å². The van der Waals surface area contributed by atoms with E-state index >= 15 is 0 Å². The zero-order valence-electron chi connectivity index (χ0n) is 10.5. The Balaban J connectivity index is 2.86. The quantitative estimate of drug-likeness (QED) is 0.776. The average molecular weight is 336 g/mol. The van der Waals surface area contributed by atoms with E-state index in [1.165, 1.54) is 0 Å². The van der Waals surface area contributed by atoms with Crippen molar-refractivity contribution < 1.29 is 13.2 Å². The van der Waals surface area contributed by atoms with Gasteiger partial charge in [-0.25, -0.2) is 13.1 Å². The highest BCUT2D eigenvalue weighted by atomic mass is 79.9. The van der Waals surface area contributed by atoms with E-state index in [9.17, 15) is 8.42 Å². The fourth-order valence-corrected chi connectivity index (χ4v) is 3.49. The van der Waals surface area contributed by atoms with E-state index in [1.54, 1.807) is 25.3 Å². The van der Waals surface area contributed by atoms with E-state index in [1.807, 2.05) is 13.0 Å². The second kappa shape index (κ2) is 7.23. The summed E-state index contributed by atoms with van der Waals surface area (Å²) in [5.74, 6) is 0. The molecule has 0 saturated carbocycles. The molecule has 0 amide bonds. The number of sulfonamides is 1. The lowest BCUT2D eigenvalue weighted by molar-refractivity contribution is 0.173. The van der Waals surface area contributed by atoms with Crippen molar-refractivity contribution in [3.05, 3.63) is 29.8 Å². The number of nitrogens with one attached hydrogen (secondary N) is 1. The number of methoxy groups -OCH3 is 1. The van der Waals surface area contributed by atoms with Gasteiger partial charge in [-0.3, -0.25) is 0 Å². The van der Waals surface area contributed by atoms with Crippen LogP contribution in [-0.4, -0.2) is 33.5 Å². The second-order valence-corrected chi connectivity index (χ2v) is 6.57. The molecule has 0 aliphatic heterocycles. The molecule has 0 saturated heterocycles. The van der Waals surface area contributed by atoms with E-state index in [-0.39, 0.29) is 10.9 Å². The van der Waals surface area contributed by atoms with Crippen molar-refractivity contribution >= 4 is 26.0 Å². The predicted octanol–water partition coefficient (Wildman–Crippen LogP) is 2.07. The largest absolute Gasteiger partial charge is 0.383 e. The van der Waals surface area contributed by atoms with Gasteiger partial charge in [-0.15, -0.1) is 0 Å². The van der Waals surface area contributed by atoms with Gasteiger partial charge in [-0.05, 0) is 31.0 Å². The van der Waals surface area contributed by atoms with Crippen LogP contribution in [0.4, 0.5) is 0 Å².